The molecule has 1 atom stereocenters. The maximum Gasteiger partial charge on any atom is 0.303 e. The van der Waals surface area contributed by atoms with Crippen LogP contribution in [-0.2, 0) is 4.79 Å². The average molecular weight is 213 g/mol. The van der Waals surface area contributed by atoms with E-state index in [-0.39, 0.29) is 0 Å². The molecule has 1 N–H and O–H groups in total. The van der Waals surface area contributed by atoms with E-state index in [0.29, 0.717) is 18.4 Å². The number of carboxylic acid groups (broad SMARTS) is 1. The second-order valence-corrected chi connectivity index (χ2v) is 5.24. The predicted molar refractivity (Wildman–Crippen MR) is 60.8 cm³/mol. The Morgan fingerprint density at radius 2 is 1.93 bits per heavy atom. The van der Waals surface area contributed by atoms with Crippen molar-refractivity contribution in [2.75, 3.05) is 13.1 Å². The van der Waals surface area contributed by atoms with Crippen molar-refractivity contribution in [3.8, 4) is 0 Å². The highest BCUT2D eigenvalue weighted by Gasteiger charge is 2.31. The molecule has 3 heteroatoms. The molecular weight excluding hydrogens is 190 g/mol. The molecule has 1 rings (SSSR count). The molecule has 15 heavy (non-hydrogen) atoms. The van der Waals surface area contributed by atoms with Crippen LogP contribution in [0.4, 0.5) is 0 Å². The Labute approximate surface area is 92.5 Å². The van der Waals surface area contributed by atoms with Crippen LogP contribution < -0.4 is 0 Å². The van der Waals surface area contributed by atoms with Gasteiger partial charge < -0.3 is 5.11 Å². The van der Waals surface area contributed by atoms with E-state index in [9.17, 15) is 4.79 Å². The van der Waals surface area contributed by atoms with Gasteiger partial charge in [0.05, 0.1) is 6.42 Å². The minimum absolute atomic E-state index is 0.341. The second kappa shape index (κ2) is 5.50. The third kappa shape index (κ3) is 4.20. The van der Waals surface area contributed by atoms with E-state index in [2.05, 4.69) is 25.7 Å². The molecule has 1 unspecified atom stereocenters. The Balaban J connectivity index is 2.12. The molecule has 1 fully saturated rings. The molecule has 0 bridgehead atoms. The lowest BCUT2D eigenvalue weighted by Gasteiger charge is -2.43. The molecule has 88 valence electrons. The Morgan fingerprint density at radius 3 is 2.40 bits per heavy atom. The summed E-state index contributed by atoms with van der Waals surface area (Å²) in [5.74, 6) is 0.502. The van der Waals surface area contributed by atoms with Crippen LogP contribution in [0.1, 0.15) is 40.0 Å². The molecule has 0 aromatic heterocycles. The van der Waals surface area contributed by atoms with Crippen LogP contribution in [0.3, 0.4) is 0 Å². The Morgan fingerprint density at radius 1 is 1.33 bits per heavy atom. The van der Waals surface area contributed by atoms with Crippen molar-refractivity contribution in [2.45, 2.75) is 46.1 Å². The van der Waals surface area contributed by atoms with E-state index < -0.39 is 5.97 Å². The predicted octanol–water partition coefficient (Wildman–Crippen LogP) is 2.22. The molecule has 0 aliphatic carbocycles. The topological polar surface area (TPSA) is 40.5 Å². The van der Waals surface area contributed by atoms with Gasteiger partial charge in [0.1, 0.15) is 0 Å². The molecule has 1 aliphatic rings. The van der Waals surface area contributed by atoms with E-state index in [1.165, 1.54) is 12.8 Å². The van der Waals surface area contributed by atoms with Gasteiger partial charge in [-0.3, -0.25) is 9.69 Å². The highest BCUT2D eigenvalue weighted by molar-refractivity contribution is 5.67. The zero-order valence-electron chi connectivity index (χ0n) is 10.1. The molecule has 0 aromatic rings. The summed E-state index contributed by atoms with van der Waals surface area (Å²) < 4.78 is 0. The Bertz CT molecular complexity index is 210. The summed E-state index contributed by atoms with van der Waals surface area (Å²) in [7, 11) is 0. The lowest BCUT2D eigenvalue weighted by molar-refractivity contribution is -0.139. The van der Waals surface area contributed by atoms with Crippen molar-refractivity contribution >= 4 is 5.97 Å². The Hall–Kier alpha value is -0.570. The smallest absolute Gasteiger partial charge is 0.303 e. The number of carboxylic acids is 1. The number of hydrogen-bond donors (Lipinski definition) is 1. The Kier molecular flexibility index (Phi) is 4.58. The first kappa shape index (κ1) is 12.5. The van der Waals surface area contributed by atoms with E-state index in [4.69, 9.17) is 5.11 Å². The number of aliphatic carboxylic acids is 1. The fourth-order valence-electron chi connectivity index (χ4n) is 2.10. The van der Waals surface area contributed by atoms with Gasteiger partial charge in [0.25, 0.3) is 0 Å². The lowest BCUT2D eigenvalue weighted by atomic mass is 9.92. The van der Waals surface area contributed by atoms with Crippen molar-refractivity contribution < 1.29 is 9.90 Å². The standard InChI is InChI=1S/C12H23NO2/c1-9(2)4-5-10(3)13-7-11(8-13)6-12(14)15/h9-11H,4-8H2,1-3H3,(H,14,15). The minimum Gasteiger partial charge on any atom is -0.481 e. The SMILES string of the molecule is CC(C)CCC(C)N1CC(CC(=O)O)C1. The first-order chi connectivity index (χ1) is 6.99. The van der Waals surface area contributed by atoms with E-state index >= 15 is 0 Å². The van der Waals surface area contributed by atoms with Crippen molar-refractivity contribution in [2.24, 2.45) is 11.8 Å². The highest BCUT2D eigenvalue weighted by atomic mass is 16.4. The van der Waals surface area contributed by atoms with Crippen LogP contribution in [0.25, 0.3) is 0 Å². The van der Waals surface area contributed by atoms with E-state index in [0.717, 1.165) is 19.0 Å². The van der Waals surface area contributed by atoms with Gasteiger partial charge in [-0.25, -0.2) is 0 Å². The number of nitrogens with zero attached hydrogens (tertiary/aromatic N) is 1. The van der Waals surface area contributed by atoms with Crippen LogP contribution in [0, 0.1) is 11.8 Å². The van der Waals surface area contributed by atoms with Crippen LogP contribution >= 0.6 is 0 Å². The fourth-order valence-corrected chi connectivity index (χ4v) is 2.10. The number of hydrogen-bond acceptors (Lipinski definition) is 2. The third-order valence-electron chi connectivity index (χ3n) is 3.23. The molecule has 0 saturated carbocycles. The zero-order valence-corrected chi connectivity index (χ0v) is 10.1. The van der Waals surface area contributed by atoms with Crippen LogP contribution in [0.2, 0.25) is 0 Å². The average Bonchev–Trinajstić information content (AvgIpc) is 2.06. The van der Waals surface area contributed by atoms with Gasteiger partial charge >= 0.3 is 5.97 Å². The monoisotopic (exact) mass is 213 g/mol. The van der Waals surface area contributed by atoms with Gasteiger partial charge in [0.2, 0.25) is 0 Å². The van der Waals surface area contributed by atoms with Gasteiger partial charge in [-0.15, -0.1) is 0 Å². The molecule has 1 saturated heterocycles. The minimum atomic E-state index is -0.658. The molecule has 0 amide bonds. The van der Waals surface area contributed by atoms with Crippen molar-refractivity contribution in [3.05, 3.63) is 0 Å². The third-order valence-corrected chi connectivity index (χ3v) is 3.23. The van der Waals surface area contributed by atoms with Gasteiger partial charge in [-0.1, -0.05) is 13.8 Å². The first-order valence-corrected chi connectivity index (χ1v) is 5.95. The summed E-state index contributed by atoms with van der Waals surface area (Å²) in [5, 5.41) is 8.63. The molecule has 0 spiro atoms. The highest BCUT2D eigenvalue weighted by Crippen LogP contribution is 2.24. The largest absolute Gasteiger partial charge is 0.481 e. The zero-order chi connectivity index (χ0) is 11.4. The van der Waals surface area contributed by atoms with Crippen molar-refractivity contribution in [1.29, 1.82) is 0 Å². The molecular formula is C12H23NO2. The van der Waals surface area contributed by atoms with Crippen molar-refractivity contribution in [3.63, 3.8) is 0 Å². The fraction of sp³-hybridized carbons (Fsp3) is 0.917. The van der Waals surface area contributed by atoms with E-state index in [1.807, 2.05) is 0 Å². The summed E-state index contributed by atoms with van der Waals surface area (Å²) in [4.78, 5) is 12.9. The number of likely N-dealkylation sites (tertiary alicyclic amines) is 1. The molecule has 0 aromatic carbocycles. The summed E-state index contributed by atoms with van der Waals surface area (Å²) >= 11 is 0. The summed E-state index contributed by atoms with van der Waals surface area (Å²) in [6.07, 6.45) is 2.84. The van der Waals surface area contributed by atoms with Crippen LogP contribution in [0.5, 0.6) is 0 Å². The van der Waals surface area contributed by atoms with Crippen molar-refractivity contribution in [1.82, 2.24) is 4.90 Å². The van der Waals surface area contributed by atoms with Crippen LogP contribution in [0.15, 0.2) is 0 Å². The van der Waals surface area contributed by atoms with Crippen LogP contribution in [-0.4, -0.2) is 35.1 Å². The molecule has 1 heterocycles. The van der Waals surface area contributed by atoms with Gasteiger partial charge in [0.15, 0.2) is 0 Å². The second-order valence-electron chi connectivity index (χ2n) is 5.24. The number of carbonyl (C=O) groups is 1. The normalized spacial score (nSPS) is 20.3. The van der Waals surface area contributed by atoms with E-state index in [1.54, 1.807) is 0 Å². The van der Waals surface area contributed by atoms with Gasteiger partial charge in [0, 0.05) is 19.1 Å². The molecule has 0 radical (unpaired) electrons. The molecule has 3 nitrogen and oxygen atoms in total. The molecule has 1 aliphatic heterocycles. The summed E-state index contributed by atoms with van der Waals surface area (Å²) in [5.41, 5.74) is 0. The summed E-state index contributed by atoms with van der Waals surface area (Å²) in [6, 6.07) is 0.623. The van der Waals surface area contributed by atoms with Gasteiger partial charge in [-0.05, 0) is 31.6 Å². The summed E-state index contributed by atoms with van der Waals surface area (Å²) in [6.45, 7) is 8.70. The maximum atomic E-state index is 10.5. The number of rotatable bonds is 6. The van der Waals surface area contributed by atoms with Gasteiger partial charge in [-0.2, -0.15) is 0 Å². The first-order valence-electron chi connectivity index (χ1n) is 5.95. The maximum absolute atomic E-state index is 10.5. The lowest BCUT2D eigenvalue weighted by Crippen LogP contribution is -2.51. The quantitative estimate of drug-likeness (QED) is 0.735.